The average molecular weight is 413 g/mol. The summed E-state index contributed by atoms with van der Waals surface area (Å²) in [7, 11) is 0. The molecule has 2 heterocycles. The van der Waals surface area contributed by atoms with E-state index in [4.69, 9.17) is 4.74 Å². The van der Waals surface area contributed by atoms with Gasteiger partial charge in [0.05, 0.1) is 5.56 Å². The van der Waals surface area contributed by atoms with Crippen LogP contribution in [0.4, 0.5) is 10.7 Å². The first-order chi connectivity index (χ1) is 13.9. The second-order valence-electron chi connectivity index (χ2n) is 7.77. The first-order valence-corrected chi connectivity index (χ1v) is 10.7. The molecule has 1 aliphatic carbocycles. The van der Waals surface area contributed by atoms with Gasteiger partial charge in [-0.15, -0.1) is 11.3 Å². The highest BCUT2D eigenvalue weighted by atomic mass is 32.1. The molecule has 152 valence electrons. The summed E-state index contributed by atoms with van der Waals surface area (Å²) in [5.74, 6) is -0.839. The molecule has 2 aliphatic rings. The van der Waals surface area contributed by atoms with Gasteiger partial charge >= 0.3 is 5.97 Å². The number of hydrogen-bond donors (Lipinski definition) is 1. The smallest absolute Gasteiger partial charge is 0.341 e. The molecule has 2 aromatic rings. The van der Waals surface area contributed by atoms with Crippen LogP contribution in [0.2, 0.25) is 0 Å². The number of esters is 1. The lowest BCUT2D eigenvalue weighted by Gasteiger charge is -2.22. The van der Waals surface area contributed by atoms with E-state index in [2.05, 4.69) is 5.32 Å². The molecule has 1 aromatic carbocycles. The van der Waals surface area contributed by atoms with Crippen molar-refractivity contribution in [3.63, 3.8) is 0 Å². The Morgan fingerprint density at radius 1 is 1.21 bits per heavy atom. The van der Waals surface area contributed by atoms with E-state index in [0.717, 1.165) is 41.0 Å². The van der Waals surface area contributed by atoms with E-state index < -0.39 is 5.97 Å². The third kappa shape index (κ3) is 3.79. The van der Waals surface area contributed by atoms with Crippen molar-refractivity contribution in [2.75, 3.05) is 16.8 Å². The van der Waals surface area contributed by atoms with Gasteiger partial charge in [0.1, 0.15) is 5.00 Å². The molecule has 1 aliphatic heterocycles. The molecule has 0 unspecified atom stereocenters. The first kappa shape index (κ1) is 19.6. The van der Waals surface area contributed by atoms with Crippen molar-refractivity contribution in [2.45, 2.75) is 46.1 Å². The van der Waals surface area contributed by atoms with E-state index in [0.29, 0.717) is 10.6 Å². The van der Waals surface area contributed by atoms with Crippen molar-refractivity contribution in [3.05, 3.63) is 45.8 Å². The van der Waals surface area contributed by atoms with E-state index in [1.165, 1.54) is 11.3 Å². The largest absolute Gasteiger partial charge is 0.452 e. The van der Waals surface area contributed by atoms with Crippen LogP contribution >= 0.6 is 11.3 Å². The number of anilines is 2. The number of fused-ring (bicyclic) bond motifs is 1. The fourth-order valence-electron chi connectivity index (χ4n) is 3.73. The molecule has 0 radical (unpaired) electrons. The fourth-order valence-corrected chi connectivity index (χ4v) is 4.79. The third-order valence-corrected chi connectivity index (χ3v) is 6.70. The maximum Gasteiger partial charge on any atom is 0.341 e. The highest BCUT2D eigenvalue weighted by molar-refractivity contribution is 7.16. The van der Waals surface area contributed by atoms with Gasteiger partial charge < -0.3 is 15.0 Å². The number of thiophene rings is 1. The number of aryl methyl sites for hydroxylation is 1. The monoisotopic (exact) mass is 412 g/mol. The van der Waals surface area contributed by atoms with Crippen LogP contribution in [0.1, 0.15) is 46.1 Å². The van der Waals surface area contributed by atoms with E-state index in [-0.39, 0.29) is 30.4 Å². The van der Waals surface area contributed by atoms with Crippen LogP contribution < -0.4 is 10.2 Å². The molecular formula is C22H24N2O4S. The molecule has 1 N–H and O–H groups in total. The Kier molecular flexibility index (Phi) is 5.17. The van der Waals surface area contributed by atoms with Crippen molar-refractivity contribution in [2.24, 2.45) is 5.92 Å². The zero-order valence-electron chi connectivity index (χ0n) is 16.8. The topological polar surface area (TPSA) is 75.7 Å². The maximum absolute atomic E-state index is 12.8. The lowest BCUT2D eigenvalue weighted by Crippen LogP contribution is -2.38. The molecule has 1 aromatic heterocycles. The second kappa shape index (κ2) is 7.63. The Morgan fingerprint density at radius 2 is 1.93 bits per heavy atom. The Hall–Kier alpha value is -2.67. The molecule has 29 heavy (non-hydrogen) atoms. The predicted molar refractivity (Wildman–Crippen MR) is 113 cm³/mol. The Morgan fingerprint density at radius 3 is 2.66 bits per heavy atom. The minimum atomic E-state index is -0.577. The quantitative estimate of drug-likeness (QED) is 0.757. The molecular weight excluding hydrogens is 388 g/mol. The van der Waals surface area contributed by atoms with Crippen LogP contribution in [0.15, 0.2) is 24.3 Å². The zero-order chi connectivity index (χ0) is 20.7. The lowest BCUT2D eigenvalue weighted by atomic mass is 10.1. The van der Waals surface area contributed by atoms with E-state index in [1.54, 1.807) is 4.90 Å². The Labute approximate surface area is 173 Å². The molecule has 1 fully saturated rings. The van der Waals surface area contributed by atoms with Gasteiger partial charge in [0.15, 0.2) is 6.61 Å². The second-order valence-corrected chi connectivity index (χ2v) is 9.00. The molecule has 2 amide bonds. The van der Waals surface area contributed by atoms with E-state index in [1.807, 2.05) is 45.0 Å². The van der Waals surface area contributed by atoms with Gasteiger partial charge in [-0.2, -0.15) is 0 Å². The van der Waals surface area contributed by atoms with Gasteiger partial charge in [0.2, 0.25) is 5.91 Å². The number of ether oxygens (including phenoxy) is 1. The third-order valence-electron chi connectivity index (χ3n) is 5.58. The maximum atomic E-state index is 12.8. The van der Waals surface area contributed by atoms with Gasteiger partial charge in [-0.05, 0) is 57.2 Å². The lowest BCUT2D eigenvalue weighted by molar-refractivity contribution is -0.122. The molecule has 1 saturated carbocycles. The van der Waals surface area contributed by atoms with Crippen molar-refractivity contribution < 1.29 is 19.1 Å². The van der Waals surface area contributed by atoms with Gasteiger partial charge in [-0.1, -0.05) is 18.2 Å². The molecule has 4 rings (SSSR count). The van der Waals surface area contributed by atoms with Crippen LogP contribution in [-0.4, -0.2) is 30.4 Å². The molecule has 0 bridgehead atoms. The van der Waals surface area contributed by atoms with Crippen LogP contribution in [0.3, 0.4) is 0 Å². The minimum Gasteiger partial charge on any atom is -0.452 e. The normalized spacial score (nSPS) is 17.8. The number of hydrogen-bond acceptors (Lipinski definition) is 5. The number of amides is 2. The fraction of sp³-hybridized carbons (Fsp3) is 0.409. The summed E-state index contributed by atoms with van der Waals surface area (Å²) in [6, 6.07) is 7.80. The Bertz CT molecular complexity index is 993. The summed E-state index contributed by atoms with van der Waals surface area (Å²) in [5.41, 5.74) is 3.12. The summed E-state index contributed by atoms with van der Waals surface area (Å²) >= 11 is 1.37. The van der Waals surface area contributed by atoms with Crippen LogP contribution in [-0.2, 0) is 20.7 Å². The van der Waals surface area contributed by atoms with Gasteiger partial charge in [0, 0.05) is 22.5 Å². The van der Waals surface area contributed by atoms with Crippen LogP contribution in [0.5, 0.6) is 0 Å². The highest BCUT2D eigenvalue weighted by Crippen LogP contribution is 2.36. The van der Waals surface area contributed by atoms with Crippen molar-refractivity contribution >= 4 is 39.8 Å². The number of carbonyl (C=O) groups is 3. The number of nitrogens with zero attached hydrogens (tertiary/aromatic N) is 1. The number of benzene rings is 1. The molecule has 7 heteroatoms. The summed E-state index contributed by atoms with van der Waals surface area (Å²) < 4.78 is 5.38. The number of para-hydroxylation sites is 1. The van der Waals surface area contributed by atoms with Gasteiger partial charge in [0.25, 0.3) is 5.91 Å². The highest BCUT2D eigenvalue weighted by Gasteiger charge is 2.33. The average Bonchev–Trinajstić information content (AvgIpc) is 3.43. The summed E-state index contributed by atoms with van der Waals surface area (Å²) in [6.07, 6.45) is 2.56. The van der Waals surface area contributed by atoms with Crippen LogP contribution in [0, 0.1) is 19.8 Å². The van der Waals surface area contributed by atoms with Crippen LogP contribution in [0.25, 0.3) is 0 Å². The summed E-state index contributed by atoms with van der Waals surface area (Å²) in [6.45, 7) is 5.38. The van der Waals surface area contributed by atoms with Gasteiger partial charge in [-0.3, -0.25) is 9.59 Å². The van der Waals surface area contributed by atoms with Crippen molar-refractivity contribution in [3.8, 4) is 0 Å². The van der Waals surface area contributed by atoms with Crippen molar-refractivity contribution in [1.82, 2.24) is 0 Å². The Balaban J connectivity index is 1.46. The molecule has 6 nitrogen and oxygen atoms in total. The van der Waals surface area contributed by atoms with Crippen molar-refractivity contribution in [1.29, 1.82) is 0 Å². The SMILES string of the molecule is Cc1sc(NC(=O)C2CC2)c(C(=O)OCC(=O)N2c3ccccc3C[C@@H]2C)c1C. The number of carbonyl (C=O) groups excluding carboxylic acids is 3. The minimum absolute atomic E-state index is 0.0251. The number of nitrogens with one attached hydrogen (secondary N) is 1. The van der Waals surface area contributed by atoms with Gasteiger partial charge in [-0.25, -0.2) is 4.79 Å². The predicted octanol–water partition coefficient (Wildman–Crippen LogP) is 3.85. The standard InChI is InChI=1S/C22H24N2O4S/c1-12-10-16-6-4-5-7-17(16)24(12)18(25)11-28-22(27)19-13(2)14(3)29-21(19)23-20(26)15-8-9-15/h4-7,12,15H,8-11H2,1-3H3,(H,23,26)/t12-/m0/s1. The van der Waals surface area contributed by atoms with E-state index >= 15 is 0 Å². The van der Waals surface area contributed by atoms with E-state index in [9.17, 15) is 14.4 Å². The first-order valence-electron chi connectivity index (χ1n) is 9.84. The molecule has 1 atom stereocenters. The molecule has 0 saturated heterocycles. The molecule has 0 spiro atoms. The zero-order valence-corrected chi connectivity index (χ0v) is 17.6. The summed E-state index contributed by atoms with van der Waals surface area (Å²) in [4.78, 5) is 40.3. The summed E-state index contributed by atoms with van der Waals surface area (Å²) in [5, 5.41) is 3.37. The number of rotatable bonds is 5.